The molecule has 1 aromatic heterocycles. The van der Waals surface area contributed by atoms with E-state index < -0.39 is 0 Å². The summed E-state index contributed by atoms with van der Waals surface area (Å²) in [6.07, 6.45) is 0. The van der Waals surface area contributed by atoms with Gasteiger partial charge in [-0.05, 0) is 24.4 Å². The first-order valence-corrected chi connectivity index (χ1v) is 4.74. The molecule has 12 heavy (non-hydrogen) atoms. The third-order valence-electron chi connectivity index (χ3n) is 1.72. The maximum atomic E-state index is 9.01. The number of hydrogen-bond donors (Lipinski definition) is 1. The molecule has 0 bridgehead atoms. The third-order valence-corrected chi connectivity index (χ3v) is 3.15. The molecule has 0 spiro atoms. The van der Waals surface area contributed by atoms with Gasteiger partial charge >= 0.3 is 0 Å². The molecule has 2 aromatic rings. The number of para-hydroxylation sites is 1. The lowest BCUT2D eigenvalue weighted by Crippen LogP contribution is -1.94. The minimum absolute atomic E-state index is 0.0388. The van der Waals surface area contributed by atoms with Crippen LogP contribution in [0.4, 0.5) is 0 Å². The van der Waals surface area contributed by atoms with Crippen LogP contribution in [0.5, 0.6) is 0 Å². The molecule has 4 heteroatoms. The fraction of sp³-hybridized carbons (Fsp3) is 0.125. The van der Waals surface area contributed by atoms with Crippen LogP contribution in [0.1, 0.15) is 0 Å². The van der Waals surface area contributed by atoms with E-state index in [1.807, 2.05) is 24.3 Å². The highest BCUT2D eigenvalue weighted by Crippen LogP contribution is 2.21. The molecule has 0 saturated carbocycles. The van der Waals surface area contributed by atoms with Gasteiger partial charge in [0.1, 0.15) is 6.73 Å². The Labute approximate surface area is 78.7 Å². The van der Waals surface area contributed by atoms with Crippen molar-refractivity contribution in [3.63, 3.8) is 0 Å². The second-order valence-electron chi connectivity index (χ2n) is 2.41. The highest BCUT2D eigenvalue weighted by atomic mass is 32.1. The lowest BCUT2D eigenvalue weighted by molar-refractivity contribution is 0.215. The Balaban J connectivity index is 2.91. The van der Waals surface area contributed by atoms with Crippen LogP contribution in [0.25, 0.3) is 10.2 Å². The standard InChI is InChI=1S/C8H7NOS2/c10-5-9-6-3-1-2-4-7(6)12-8(9)11/h1-4,10H,5H2. The first-order valence-electron chi connectivity index (χ1n) is 3.52. The van der Waals surface area contributed by atoms with Crippen LogP contribution >= 0.6 is 23.6 Å². The Kier molecular flexibility index (Phi) is 1.96. The monoisotopic (exact) mass is 197 g/mol. The Morgan fingerprint density at radius 3 is 2.92 bits per heavy atom. The molecule has 0 atom stereocenters. The van der Waals surface area contributed by atoms with Gasteiger partial charge in [-0.25, -0.2) is 0 Å². The molecule has 0 aliphatic heterocycles. The average Bonchev–Trinajstić information content (AvgIpc) is 2.40. The minimum atomic E-state index is -0.0388. The lowest BCUT2D eigenvalue weighted by atomic mass is 10.3. The number of hydrogen-bond acceptors (Lipinski definition) is 3. The summed E-state index contributed by atoms with van der Waals surface area (Å²) in [6, 6.07) is 7.87. The largest absolute Gasteiger partial charge is 0.376 e. The van der Waals surface area contributed by atoms with Crippen molar-refractivity contribution >= 4 is 33.8 Å². The predicted molar refractivity (Wildman–Crippen MR) is 52.9 cm³/mol. The van der Waals surface area contributed by atoms with Crippen molar-refractivity contribution in [1.29, 1.82) is 0 Å². The molecule has 1 N–H and O–H groups in total. The van der Waals surface area contributed by atoms with E-state index in [-0.39, 0.29) is 6.73 Å². The Morgan fingerprint density at radius 1 is 1.42 bits per heavy atom. The number of fused-ring (bicyclic) bond motifs is 1. The molecule has 0 radical (unpaired) electrons. The van der Waals surface area contributed by atoms with Crippen LogP contribution in [0.15, 0.2) is 24.3 Å². The van der Waals surface area contributed by atoms with Crippen molar-refractivity contribution in [1.82, 2.24) is 4.57 Å². The van der Waals surface area contributed by atoms with E-state index in [1.165, 1.54) is 11.3 Å². The van der Waals surface area contributed by atoms with Gasteiger partial charge in [0.25, 0.3) is 0 Å². The van der Waals surface area contributed by atoms with E-state index in [4.69, 9.17) is 17.3 Å². The Bertz CT molecular complexity index is 457. The van der Waals surface area contributed by atoms with Gasteiger partial charge in [0.2, 0.25) is 0 Å². The van der Waals surface area contributed by atoms with Crippen molar-refractivity contribution in [2.75, 3.05) is 0 Å². The Hall–Kier alpha value is -0.710. The molecule has 2 rings (SSSR count). The van der Waals surface area contributed by atoms with Crippen LogP contribution in [-0.2, 0) is 6.73 Å². The van der Waals surface area contributed by atoms with Crippen LogP contribution < -0.4 is 0 Å². The summed E-state index contributed by atoms with van der Waals surface area (Å²) in [4.78, 5) is 0. The van der Waals surface area contributed by atoms with Gasteiger partial charge < -0.3 is 5.11 Å². The van der Waals surface area contributed by atoms with Gasteiger partial charge in [-0.15, -0.1) is 11.3 Å². The fourth-order valence-corrected chi connectivity index (χ4v) is 2.46. The van der Waals surface area contributed by atoms with Gasteiger partial charge in [-0.3, -0.25) is 4.57 Å². The highest BCUT2D eigenvalue weighted by Gasteiger charge is 2.01. The summed E-state index contributed by atoms with van der Waals surface area (Å²) in [5.41, 5.74) is 1.01. The predicted octanol–water partition coefficient (Wildman–Crippen LogP) is 2.38. The van der Waals surface area contributed by atoms with Crippen molar-refractivity contribution in [3.05, 3.63) is 28.2 Å². The van der Waals surface area contributed by atoms with E-state index in [0.29, 0.717) is 0 Å². The molecule has 0 fully saturated rings. The van der Waals surface area contributed by atoms with E-state index in [0.717, 1.165) is 14.2 Å². The fourth-order valence-electron chi connectivity index (χ4n) is 1.15. The highest BCUT2D eigenvalue weighted by molar-refractivity contribution is 7.73. The number of aromatic nitrogens is 1. The summed E-state index contributed by atoms with van der Waals surface area (Å²) in [6.45, 7) is -0.0388. The second kappa shape index (κ2) is 2.97. The summed E-state index contributed by atoms with van der Waals surface area (Å²) >= 11 is 6.59. The van der Waals surface area contributed by atoms with Crippen LogP contribution in [0.3, 0.4) is 0 Å². The zero-order valence-electron chi connectivity index (χ0n) is 6.23. The minimum Gasteiger partial charge on any atom is -0.376 e. The zero-order chi connectivity index (χ0) is 8.55. The molecule has 2 nitrogen and oxygen atoms in total. The van der Waals surface area contributed by atoms with Gasteiger partial charge in [-0.1, -0.05) is 12.1 Å². The quantitative estimate of drug-likeness (QED) is 0.710. The van der Waals surface area contributed by atoms with E-state index >= 15 is 0 Å². The van der Waals surface area contributed by atoms with Crippen molar-refractivity contribution in [2.24, 2.45) is 0 Å². The molecule has 0 unspecified atom stereocenters. The molecule has 0 amide bonds. The molecule has 0 saturated heterocycles. The number of rotatable bonds is 1. The van der Waals surface area contributed by atoms with Crippen molar-refractivity contribution in [2.45, 2.75) is 6.73 Å². The van der Waals surface area contributed by atoms with Crippen LogP contribution in [-0.4, -0.2) is 9.67 Å². The van der Waals surface area contributed by atoms with Gasteiger partial charge in [0, 0.05) is 0 Å². The van der Waals surface area contributed by atoms with Crippen LogP contribution in [0.2, 0.25) is 0 Å². The number of aliphatic hydroxyl groups excluding tert-OH is 1. The molecular formula is C8H7NOS2. The molecule has 0 aliphatic carbocycles. The maximum Gasteiger partial charge on any atom is 0.164 e. The molecule has 0 aliphatic rings. The first-order chi connectivity index (χ1) is 5.83. The second-order valence-corrected chi connectivity index (χ2v) is 4.08. The summed E-state index contributed by atoms with van der Waals surface area (Å²) in [5, 5.41) is 9.01. The summed E-state index contributed by atoms with van der Waals surface area (Å²) in [5.74, 6) is 0. The smallest absolute Gasteiger partial charge is 0.164 e. The zero-order valence-corrected chi connectivity index (χ0v) is 7.86. The number of thiazole rings is 1. The van der Waals surface area contributed by atoms with Gasteiger partial charge in [0.15, 0.2) is 3.95 Å². The number of nitrogens with zero attached hydrogens (tertiary/aromatic N) is 1. The SMILES string of the molecule is OCn1c(=S)sc2ccccc21. The van der Waals surface area contributed by atoms with Crippen molar-refractivity contribution in [3.8, 4) is 0 Å². The third kappa shape index (κ3) is 1.08. The number of benzene rings is 1. The lowest BCUT2D eigenvalue weighted by Gasteiger charge is -1.96. The van der Waals surface area contributed by atoms with E-state index in [9.17, 15) is 0 Å². The average molecular weight is 197 g/mol. The molecule has 62 valence electrons. The molecule has 1 heterocycles. The molecule has 1 aromatic carbocycles. The maximum absolute atomic E-state index is 9.01. The summed E-state index contributed by atoms with van der Waals surface area (Å²) < 4.78 is 3.56. The molecular weight excluding hydrogens is 190 g/mol. The van der Waals surface area contributed by atoms with Gasteiger partial charge in [-0.2, -0.15) is 0 Å². The topological polar surface area (TPSA) is 25.2 Å². The van der Waals surface area contributed by atoms with Gasteiger partial charge in [0.05, 0.1) is 10.2 Å². The van der Waals surface area contributed by atoms with E-state index in [1.54, 1.807) is 4.57 Å². The van der Waals surface area contributed by atoms with Crippen LogP contribution in [0, 0.1) is 3.95 Å². The normalized spacial score (nSPS) is 10.8. The Morgan fingerprint density at radius 2 is 2.17 bits per heavy atom. The number of aliphatic hydroxyl groups is 1. The van der Waals surface area contributed by atoms with Crippen molar-refractivity contribution < 1.29 is 5.11 Å². The van der Waals surface area contributed by atoms with E-state index in [2.05, 4.69) is 0 Å². The summed E-state index contributed by atoms with van der Waals surface area (Å²) in [7, 11) is 0. The first kappa shape index (κ1) is 7.91.